The van der Waals surface area contributed by atoms with Gasteiger partial charge in [0.15, 0.2) is 0 Å². The van der Waals surface area contributed by atoms with E-state index in [1.165, 1.54) is 25.6 Å². The molecule has 0 radical (unpaired) electrons. The third-order valence-corrected chi connectivity index (χ3v) is 3.98. The molecule has 0 bridgehead atoms. The van der Waals surface area contributed by atoms with Gasteiger partial charge in [0.05, 0.1) is 0 Å². The van der Waals surface area contributed by atoms with Gasteiger partial charge in [0, 0.05) is 25.2 Å². The zero-order chi connectivity index (χ0) is 12.5. The molecule has 1 fully saturated rings. The summed E-state index contributed by atoms with van der Waals surface area (Å²) in [6, 6.07) is 1.81. The highest BCUT2D eigenvalue weighted by atomic mass is 35.5. The van der Waals surface area contributed by atoms with Gasteiger partial charge in [0.1, 0.15) is 17.3 Å². The van der Waals surface area contributed by atoms with E-state index in [-0.39, 0.29) is 0 Å². The van der Waals surface area contributed by atoms with Crippen molar-refractivity contribution in [1.82, 2.24) is 14.9 Å². The molecule has 94 valence electrons. The third kappa shape index (κ3) is 2.53. The van der Waals surface area contributed by atoms with E-state index in [0.717, 1.165) is 12.4 Å². The van der Waals surface area contributed by atoms with E-state index < -0.39 is 0 Å². The molecule has 1 aromatic heterocycles. The van der Waals surface area contributed by atoms with Crippen LogP contribution in [0.1, 0.15) is 19.3 Å². The van der Waals surface area contributed by atoms with E-state index in [1.807, 2.05) is 6.07 Å². The van der Waals surface area contributed by atoms with Gasteiger partial charge in [-0.1, -0.05) is 11.6 Å². The van der Waals surface area contributed by atoms with Crippen molar-refractivity contribution in [2.45, 2.75) is 24.8 Å². The van der Waals surface area contributed by atoms with Crippen molar-refractivity contribution in [3.63, 3.8) is 0 Å². The molecular formula is C12H19ClN4. The maximum absolute atomic E-state index is 5.88. The summed E-state index contributed by atoms with van der Waals surface area (Å²) in [4.78, 5) is 12.6. The van der Waals surface area contributed by atoms with Crippen LogP contribution in [-0.4, -0.2) is 48.1 Å². The highest BCUT2D eigenvalue weighted by molar-refractivity contribution is 6.29. The van der Waals surface area contributed by atoms with Crippen molar-refractivity contribution in [3.05, 3.63) is 17.5 Å². The molecule has 0 saturated heterocycles. The molecule has 2 rings (SSSR count). The number of nitrogens with zero attached hydrogens (tertiary/aromatic N) is 4. The summed E-state index contributed by atoms with van der Waals surface area (Å²) in [7, 11) is 6.36. The van der Waals surface area contributed by atoms with Crippen LogP contribution in [0, 0.1) is 0 Å². The van der Waals surface area contributed by atoms with Gasteiger partial charge in [-0.2, -0.15) is 0 Å². The summed E-state index contributed by atoms with van der Waals surface area (Å²) in [6.07, 6.45) is 5.33. The van der Waals surface area contributed by atoms with Crippen LogP contribution in [0.5, 0.6) is 0 Å². The lowest BCUT2D eigenvalue weighted by Gasteiger charge is -2.49. The van der Waals surface area contributed by atoms with Crippen LogP contribution in [0.15, 0.2) is 12.4 Å². The SMILES string of the molecule is CN(CC1(N(C)C)CCC1)c1cc(Cl)ncn1. The molecule has 1 aliphatic rings. The molecule has 1 saturated carbocycles. The number of aromatic nitrogens is 2. The Morgan fingerprint density at radius 2 is 2.00 bits per heavy atom. The maximum Gasteiger partial charge on any atom is 0.134 e. The fourth-order valence-corrected chi connectivity index (χ4v) is 2.53. The Hall–Kier alpha value is -0.870. The predicted molar refractivity (Wildman–Crippen MR) is 70.6 cm³/mol. The Morgan fingerprint density at radius 3 is 2.47 bits per heavy atom. The molecule has 0 aromatic carbocycles. The van der Waals surface area contributed by atoms with E-state index in [0.29, 0.717) is 10.7 Å². The molecule has 0 spiro atoms. The lowest BCUT2D eigenvalue weighted by Crippen LogP contribution is -2.56. The minimum absolute atomic E-state index is 0.298. The number of halogens is 1. The van der Waals surface area contributed by atoms with Gasteiger partial charge in [-0.05, 0) is 33.4 Å². The van der Waals surface area contributed by atoms with Crippen LogP contribution in [0.25, 0.3) is 0 Å². The van der Waals surface area contributed by atoms with Crippen LogP contribution in [0.3, 0.4) is 0 Å². The highest BCUT2D eigenvalue weighted by Gasteiger charge is 2.40. The summed E-state index contributed by atoms with van der Waals surface area (Å²) in [6.45, 7) is 0.980. The largest absolute Gasteiger partial charge is 0.358 e. The molecule has 1 heterocycles. The fourth-order valence-electron chi connectivity index (χ4n) is 2.39. The molecule has 0 unspecified atom stereocenters. The number of likely N-dealkylation sites (N-methyl/N-ethyl adjacent to an activating group) is 2. The summed E-state index contributed by atoms with van der Waals surface area (Å²) >= 11 is 5.88. The van der Waals surface area contributed by atoms with Gasteiger partial charge < -0.3 is 9.80 Å². The predicted octanol–water partition coefficient (Wildman–Crippen LogP) is 2.05. The first-order valence-electron chi connectivity index (χ1n) is 5.90. The second-order valence-corrected chi connectivity index (χ2v) is 5.41. The molecule has 0 amide bonds. The average molecular weight is 255 g/mol. The smallest absolute Gasteiger partial charge is 0.134 e. The first-order valence-corrected chi connectivity index (χ1v) is 6.27. The van der Waals surface area contributed by atoms with Gasteiger partial charge in [-0.3, -0.25) is 0 Å². The normalized spacial score (nSPS) is 17.9. The summed E-state index contributed by atoms with van der Waals surface area (Å²) in [5, 5.41) is 0.495. The number of hydrogen-bond donors (Lipinski definition) is 0. The zero-order valence-electron chi connectivity index (χ0n) is 10.6. The molecule has 1 aromatic rings. The van der Waals surface area contributed by atoms with Crippen molar-refractivity contribution in [3.8, 4) is 0 Å². The van der Waals surface area contributed by atoms with E-state index in [1.54, 1.807) is 0 Å². The topological polar surface area (TPSA) is 32.3 Å². The van der Waals surface area contributed by atoms with Crippen LogP contribution in [0.2, 0.25) is 5.15 Å². The summed E-state index contributed by atoms with van der Waals surface area (Å²) in [5.74, 6) is 0.887. The highest BCUT2D eigenvalue weighted by Crippen LogP contribution is 2.37. The second kappa shape index (κ2) is 4.78. The lowest BCUT2D eigenvalue weighted by atomic mass is 9.75. The van der Waals surface area contributed by atoms with Gasteiger partial charge in [0.2, 0.25) is 0 Å². The molecule has 4 nitrogen and oxygen atoms in total. The van der Waals surface area contributed by atoms with Gasteiger partial charge in [-0.15, -0.1) is 0 Å². The average Bonchev–Trinajstić information content (AvgIpc) is 2.22. The minimum atomic E-state index is 0.298. The summed E-state index contributed by atoms with van der Waals surface area (Å²) in [5.41, 5.74) is 0.298. The van der Waals surface area contributed by atoms with Gasteiger partial charge in [-0.25, -0.2) is 9.97 Å². The van der Waals surface area contributed by atoms with Crippen molar-refractivity contribution in [2.75, 3.05) is 32.6 Å². The Labute approximate surface area is 108 Å². The van der Waals surface area contributed by atoms with E-state index in [9.17, 15) is 0 Å². The lowest BCUT2D eigenvalue weighted by molar-refractivity contribution is 0.0682. The number of anilines is 1. The van der Waals surface area contributed by atoms with Crippen molar-refractivity contribution in [1.29, 1.82) is 0 Å². The van der Waals surface area contributed by atoms with E-state index in [4.69, 9.17) is 11.6 Å². The van der Waals surface area contributed by atoms with Crippen LogP contribution in [-0.2, 0) is 0 Å². The van der Waals surface area contributed by atoms with Gasteiger partial charge in [0.25, 0.3) is 0 Å². The number of hydrogen-bond acceptors (Lipinski definition) is 4. The fraction of sp³-hybridized carbons (Fsp3) is 0.667. The third-order valence-electron chi connectivity index (χ3n) is 3.77. The monoisotopic (exact) mass is 254 g/mol. The standard InChI is InChI=1S/C12H19ClN4/c1-16(2)12(5-4-6-12)8-17(3)11-7-10(13)14-9-15-11/h7,9H,4-6,8H2,1-3H3. The molecular weight excluding hydrogens is 236 g/mol. The Bertz CT molecular complexity index is 390. The van der Waals surface area contributed by atoms with Gasteiger partial charge >= 0.3 is 0 Å². The first-order chi connectivity index (χ1) is 8.03. The number of rotatable bonds is 4. The Kier molecular flexibility index (Phi) is 3.54. The van der Waals surface area contributed by atoms with Crippen molar-refractivity contribution < 1.29 is 0 Å². The first kappa shape index (κ1) is 12.6. The van der Waals surface area contributed by atoms with Crippen molar-refractivity contribution >= 4 is 17.4 Å². The molecule has 0 aliphatic heterocycles. The van der Waals surface area contributed by atoms with E-state index >= 15 is 0 Å². The quantitative estimate of drug-likeness (QED) is 0.770. The van der Waals surface area contributed by atoms with Crippen LogP contribution < -0.4 is 4.90 Å². The minimum Gasteiger partial charge on any atom is -0.358 e. The van der Waals surface area contributed by atoms with Crippen LogP contribution >= 0.6 is 11.6 Å². The van der Waals surface area contributed by atoms with Crippen LogP contribution in [0.4, 0.5) is 5.82 Å². The summed E-state index contributed by atoms with van der Waals surface area (Å²) < 4.78 is 0. The van der Waals surface area contributed by atoms with E-state index in [2.05, 4.69) is 40.9 Å². The molecule has 1 aliphatic carbocycles. The Morgan fingerprint density at radius 1 is 1.29 bits per heavy atom. The van der Waals surface area contributed by atoms with Crippen molar-refractivity contribution in [2.24, 2.45) is 0 Å². The second-order valence-electron chi connectivity index (χ2n) is 5.03. The molecule has 0 N–H and O–H groups in total. The molecule has 5 heteroatoms. The molecule has 0 atom stereocenters. The zero-order valence-corrected chi connectivity index (χ0v) is 11.4. The maximum atomic E-state index is 5.88. The molecule has 17 heavy (non-hydrogen) atoms. The Balaban J connectivity index is 2.08.